The minimum atomic E-state index is 0.718. The first-order chi connectivity index (χ1) is 13.2. The molecule has 0 bridgehead atoms. The molecule has 1 saturated heterocycles. The monoisotopic (exact) mass is 373 g/mol. The normalized spacial score (nSPS) is 15.5. The van der Waals surface area contributed by atoms with Crippen LogP contribution in [0.4, 0.5) is 0 Å². The van der Waals surface area contributed by atoms with Crippen LogP contribution in [0.1, 0.15) is 51.2 Å². The van der Waals surface area contributed by atoms with Gasteiger partial charge in [0.25, 0.3) is 0 Å². The zero-order valence-electron chi connectivity index (χ0n) is 17.6. The highest BCUT2D eigenvalue weighted by atomic mass is 15.2. The quantitative estimate of drug-likeness (QED) is 0.355. The van der Waals surface area contributed by atoms with E-state index in [0.29, 0.717) is 0 Å². The lowest BCUT2D eigenvalue weighted by Gasteiger charge is -2.18. The van der Waals surface area contributed by atoms with Gasteiger partial charge in [0.1, 0.15) is 0 Å². The van der Waals surface area contributed by atoms with E-state index in [9.17, 15) is 0 Å². The molecule has 5 heteroatoms. The lowest BCUT2D eigenvalue weighted by Crippen LogP contribution is -2.38. The molecule has 27 heavy (non-hydrogen) atoms. The summed E-state index contributed by atoms with van der Waals surface area (Å²) in [6.07, 6.45) is 3.83. The number of nitrogens with zero attached hydrogens (tertiary/aromatic N) is 3. The average molecular weight is 374 g/mol. The Kier molecular flexibility index (Phi) is 10.2. The van der Waals surface area contributed by atoms with E-state index >= 15 is 0 Å². The molecule has 1 aromatic rings. The molecule has 1 fully saturated rings. The van der Waals surface area contributed by atoms with Gasteiger partial charge in [0.05, 0.1) is 6.54 Å². The molecule has 0 amide bonds. The summed E-state index contributed by atoms with van der Waals surface area (Å²) in [6, 6.07) is 8.96. The van der Waals surface area contributed by atoms with Crippen molar-refractivity contribution in [1.82, 2.24) is 20.4 Å². The molecule has 0 spiro atoms. The summed E-state index contributed by atoms with van der Waals surface area (Å²) in [5.74, 6) is 0.915. The maximum absolute atomic E-state index is 4.74. The molecule has 2 N–H and O–H groups in total. The van der Waals surface area contributed by atoms with Crippen LogP contribution in [0.5, 0.6) is 0 Å². The van der Waals surface area contributed by atoms with E-state index in [0.717, 1.165) is 58.2 Å². The first kappa shape index (κ1) is 21.7. The van der Waals surface area contributed by atoms with Gasteiger partial charge in [0.2, 0.25) is 0 Å². The number of guanidine groups is 1. The van der Waals surface area contributed by atoms with Crippen LogP contribution in [0.15, 0.2) is 29.3 Å². The maximum atomic E-state index is 4.74. The third-order valence-corrected chi connectivity index (χ3v) is 5.23. The van der Waals surface area contributed by atoms with Crippen LogP contribution in [-0.4, -0.2) is 61.6 Å². The van der Waals surface area contributed by atoms with Crippen molar-refractivity contribution < 1.29 is 0 Å². The SMILES string of the molecule is CCNC(=NCc1ccc(CN2CCCC2)cc1)NCCCN(CC)CC. The number of benzene rings is 1. The molecule has 0 atom stereocenters. The number of likely N-dealkylation sites (tertiary alicyclic amines) is 1. The predicted molar refractivity (Wildman–Crippen MR) is 116 cm³/mol. The standard InChI is InChI=1S/C22H39N5/c1-4-23-22(24-14-9-17-26(5-2)6-3)25-18-20-10-12-21(13-11-20)19-27-15-7-8-16-27/h10-13H,4-9,14-19H2,1-3H3,(H2,23,24,25). The van der Waals surface area contributed by atoms with Crippen LogP contribution in [0.3, 0.4) is 0 Å². The molecule has 0 aliphatic carbocycles. The van der Waals surface area contributed by atoms with Crippen LogP contribution in [0.25, 0.3) is 0 Å². The molecule has 5 nitrogen and oxygen atoms in total. The highest BCUT2D eigenvalue weighted by molar-refractivity contribution is 5.79. The number of aliphatic imine (C=N–C) groups is 1. The summed E-state index contributed by atoms with van der Waals surface area (Å²) in [7, 11) is 0. The summed E-state index contributed by atoms with van der Waals surface area (Å²) in [5.41, 5.74) is 2.67. The lowest BCUT2D eigenvalue weighted by molar-refractivity contribution is 0.300. The molecule has 0 aromatic heterocycles. The van der Waals surface area contributed by atoms with Crippen LogP contribution in [0, 0.1) is 0 Å². The summed E-state index contributed by atoms with van der Waals surface area (Å²) in [4.78, 5) is 9.74. The molecule has 152 valence electrons. The number of hydrogen-bond acceptors (Lipinski definition) is 3. The van der Waals surface area contributed by atoms with Crippen molar-refractivity contribution in [1.29, 1.82) is 0 Å². The fraction of sp³-hybridized carbons (Fsp3) is 0.682. The predicted octanol–water partition coefficient (Wildman–Crippen LogP) is 3.07. The summed E-state index contributed by atoms with van der Waals surface area (Å²) < 4.78 is 0. The van der Waals surface area contributed by atoms with Crippen LogP contribution >= 0.6 is 0 Å². The molecule has 1 aliphatic heterocycles. The molecule has 1 aliphatic rings. The zero-order valence-corrected chi connectivity index (χ0v) is 17.6. The van der Waals surface area contributed by atoms with Crippen LogP contribution in [0.2, 0.25) is 0 Å². The zero-order chi connectivity index (χ0) is 19.3. The van der Waals surface area contributed by atoms with Crippen LogP contribution < -0.4 is 10.6 Å². The third-order valence-electron chi connectivity index (χ3n) is 5.23. The van der Waals surface area contributed by atoms with Crippen molar-refractivity contribution >= 4 is 5.96 Å². The highest BCUT2D eigenvalue weighted by Gasteiger charge is 2.11. The molecule has 2 rings (SSSR count). The van der Waals surface area contributed by atoms with Crippen LogP contribution in [-0.2, 0) is 13.1 Å². The van der Waals surface area contributed by atoms with Gasteiger partial charge in [-0.25, -0.2) is 4.99 Å². The summed E-state index contributed by atoms with van der Waals surface area (Å²) in [5, 5.41) is 6.81. The highest BCUT2D eigenvalue weighted by Crippen LogP contribution is 2.13. The topological polar surface area (TPSA) is 42.9 Å². The lowest BCUT2D eigenvalue weighted by atomic mass is 10.1. The summed E-state index contributed by atoms with van der Waals surface area (Å²) in [6.45, 7) is 16.1. The first-order valence-corrected chi connectivity index (χ1v) is 10.8. The van der Waals surface area contributed by atoms with Crippen molar-refractivity contribution in [2.45, 2.75) is 53.1 Å². The Balaban J connectivity index is 1.77. The van der Waals surface area contributed by atoms with E-state index in [-0.39, 0.29) is 0 Å². The molecule has 0 radical (unpaired) electrons. The minimum absolute atomic E-state index is 0.718. The smallest absolute Gasteiger partial charge is 0.191 e. The minimum Gasteiger partial charge on any atom is -0.357 e. The molecule has 1 heterocycles. The summed E-state index contributed by atoms with van der Waals surface area (Å²) >= 11 is 0. The number of rotatable bonds is 11. The Morgan fingerprint density at radius 1 is 1.00 bits per heavy atom. The van der Waals surface area contributed by atoms with Gasteiger partial charge in [0, 0.05) is 19.6 Å². The van der Waals surface area contributed by atoms with E-state index in [1.54, 1.807) is 0 Å². The first-order valence-electron chi connectivity index (χ1n) is 10.8. The van der Waals surface area contributed by atoms with Gasteiger partial charge in [-0.2, -0.15) is 0 Å². The van der Waals surface area contributed by atoms with E-state index in [1.165, 1.54) is 37.1 Å². The fourth-order valence-electron chi connectivity index (χ4n) is 3.51. The van der Waals surface area contributed by atoms with Gasteiger partial charge in [0.15, 0.2) is 5.96 Å². The van der Waals surface area contributed by atoms with Gasteiger partial charge in [-0.1, -0.05) is 38.1 Å². The number of hydrogen-bond donors (Lipinski definition) is 2. The molecular weight excluding hydrogens is 334 g/mol. The second kappa shape index (κ2) is 12.7. The molecule has 0 saturated carbocycles. The largest absolute Gasteiger partial charge is 0.357 e. The van der Waals surface area contributed by atoms with E-state index in [1.807, 2.05) is 0 Å². The third kappa shape index (κ3) is 8.31. The van der Waals surface area contributed by atoms with E-state index in [4.69, 9.17) is 4.99 Å². The van der Waals surface area contributed by atoms with Crippen molar-refractivity contribution in [3.8, 4) is 0 Å². The Bertz CT molecular complexity index is 530. The van der Waals surface area contributed by atoms with Gasteiger partial charge in [-0.05, 0) is 70.0 Å². The Morgan fingerprint density at radius 2 is 1.67 bits per heavy atom. The Labute approximate surface area is 166 Å². The Hall–Kier alpha value is -1.59. The van der Waals surface area contributed by atoms with Gasteiger partial charge < -0.3 is 15.5 Å². The van der Waals surface area contributed by atoms with Gasteiger partial charge >= 0.3 is 0 Å². The van der Waals surface area contributed by atoms with Gasteiger partial charge in [-0.15, -0.1) is 0 Å². The number of nitrogens with one attached hydrogen (secondary N) is 2. The average Bonchev–Trinajstić information content (AvgIpc) is 3.20. The second-order valence-electron chi connectivity index (χ2n) is 7.30. The maximum Gasteiger partial charge on any atom is 0.191 e. The van der Waals surface area contributed by atoms with Gasteiger partial charge in [-0.3, -0.25) is 4.90 Å². The van der Waals surface area contributed by atoms with Crippen molar-refractivity contribution in [3.05, 3.63) is 35.4 Å². The van der Waals surface area contributed by atoms with E-state index in [2.05, 4.69) is 65.5 Å². The molecule has 1 aromatic carbocycles. The van der Waals surface area contributed by atoms with Crippen molar-refractivity contribution in [2.24, 2.45) is 4.99 Å². The Morgan fingerprint density at radius 3 is 2.30 bits per heavy atom. The molecule has 0 unspecified atom stereocenters. The second-order valence-corrected chi connectivity index (χ2v) is 7.30. The van der Waals surface area contributed by atoms with Crippen molar-refractivity contribution in [3.63, 3.8) is 0 Å². The van der Waals surface area contributed by atoms with Crippen molar-refractivity contribution in [2.75, 3.05) is 45.8 Å². The fourth-order valence-corrected chi connectivity index (χ4v) is 3.51. The van der Waals surface area contributed by atoms with E-state index < -0.39 is 0 Å². The molecular formula is C22H39N5.